The average Bonchev–Trinajstić information content (AvgIpc) is 2.26. The van der Waals surface area contributed by atoms with Crippen LogP contribution in [0.3, 0.4) is 0 Å². The summed E-state index contributed by atoms with van der Waals surface area (Å²) in [6.45, 7) is 11.5. The molecule has 3 heteroatoms. The number of rotatable bonds is 3. The fourth-order valence-corrected chi connectivity index (χ4v) is 2.26. The van der Waals surface area contributed by atoms with Crippen molar-refractivity contribution in [3.05, 3.63) is 11.6 Å². The molecule has 3 nitrogen and oxygen atoms in total. The van der Waals surface area contributed by atoms with E-state index in [4.69, 9.17) is 5.73 Å². The van der Waals surface area contributed by atoms with E-state index in [0.717, 1.165) is 6.54 Å². The van der Waals surface area contributed by atoms with Gasteiger partial charge in [-0.25, -0.2) is 0 Å². The summed E-state index contributed by atoms with van der Waals surface area (Å²) in [5.74, 6) is 0.548. The zero-order valence-electron chi connectivity index (χ0n) is 12.6. The molecule has 1 rings (SSSR count). The molecule has 0 saturated carbocycles. The van der Waals surface area contributed by atoms with Gasteiger partial charge in [-0.05, 0) is 46.5 Å². The van der Waals surface area contributed by atoms with Crippen molar-refractivity contribution in [3.8, 4) is 0 Å². The Morgan fingerprint density at radius 1 is 1.28 bits per heavy atom. The number of guanidine groups is 1. The molecule has 0 aliphatic heterocycles. The molecule has 0 bridgehead atoms. The molecule has 0 spiro atoms. The van der Waals surface area contributed by atoms with Crippen LogP contribution in [0.1, 0.15) is 60.3 Å². The Kier molecular flexibility index (Phi) is 4.83. The van der Waals surface area contributed by atoms with E-state index in [0.29, 0.717) is 5.96 Å². The Labute approximate surface area is 112 Å². The van der Waals surface area contributed by atoms with E-state index >= 15 is 0 Å². The second-order valence-electron chi connectivity index (χ2n) is 6.94. The first-order chi connectivity index (χ1) is 8.21. The number of nitrogens with two attached hydrogens (primary N) is 1. The molecule has 0 radical (unpaired) electrons. The minimum atomic E-state index is -0.0260. The highest BCUT2D eigenvalue weighted by Crippen LogP contribution is 2.33. The summed E-state index contributed by atoms with van der Waals surface area (Å²) < 4.78 is 0. The van der Waals surface area contributed by atoms with Crippen molar-refractivity contribution >= 4 is 5.96 Å². The van der Waals surface area contributed by atoms with Gasteiger partial charge in [0.05, 0.1) is 6.54 Å². The third kappa shape index (κ3) is 5.11. The van der Waals surface area contributed by atoms with Crippen LogP contribution in [0, 0.1) is 5.41 Å². The Bertz CT molecular complexity index is 332. The van der Waals surface area contributed by atoms with Gasteiger partial charge in [0.25, 0.3) is 0 Å². The van der Waals surface area contributed by atoms with Gasteiger partial charge >= 0.3 is 0 Å². The van der Waals surface area contributed by atoms with Crippen LogP contribution in [-0.4, -0.2) is 18.0 Å². The monoisotopic (exact) mass is 251 g/mol. The Hall–Kier alpha value is -0.990. The number of nitrogens with zero attached hydrogens (tertiary/aromatic N) is 1. The van der Waals surface area contributed by atoms with Gasteiger partial charge in [-0.1, -0.05) is 25.5 Å². The van der Waals surface area contributed by atoms with Crippen molar-refractivity contribution in [1.29, 1.82) is 0 Å². The van der Waals surface area contributed by atoms with Crippen molar-refractivity contribution in [3.63, 3.8) is 0 Å². The predicted molar refractivity (Wildman–Crippen MR) is 79.7 cm³/mol. The molecule has 1 aliphatic carbocycles. The smallest absolute Gasteiger partial charge is 0.189 e. The number of hydrogen-bond donors (Lipinski definition) is 2. The van der Waals surface area contributed by atoms with E-state index < -0.39 is 0 Å². The Morgan fingerprint density at radius 2 is 1.94 bits per heavy atom. The van der Waals surface area contributed by atoms with E-state index in [2.05, 4.69) is 51.0 Å². The summed E-state index contributed by atoms with van der Waals surface area (Å²) in [5.41, 5.74) is 7.56. The van der Waals surface area contributed by atoms with E-state index in [1.165, 1.54) is 25.7 Å². The Balaban J connectivity index is 2.60. The third-order valence-electron chi connectivity index (χ3n) is 3.31. The van der Waals surface area contributed by atoms with Crippen LogP contribution < -0.4 is 11.1 Å². The average molecular weight is 251 g/mol. The van der Waals surface area contributed by atoms with Gasteiger partial charge in [-0.15, -0.1) is 0 Å². The van der Waals surface area contributed by atoms with E-state index in [1.54, 1.807) is 5.57 Å². The summed E-state index contributed by atoms with van der Waals surface area (Å²) in [7, 11) is 0. The fraction of sp³-hybridized carbons (Fsp3) is 0.800. The van der Waals surface area contributed by atoms with Gasteiger partial charge < -0.3 is 11.1 Å². The zero-order valence-corrected chi connectivity index (χ0v) is 12.6. The van der Waals surface area contributed by atoms with Gasteiger partial charge in [0, 0.05) is 11.0 Å². The lowest BCUT2D eigenvalue weighted by Gasteiger charge is -2.29. The van der Waals surface area contributed by atoms with Crippen LogP contribution in [0.15, 0.2) is 16.6 Å². The van der Waals surface area contributed by atoms with Crippen LogP contribution in [-0.2, 0) is 0 Å². The molecule has 18 heavy (non-hydrogen) atoms. The number of allylic oxidation sites excluding steroid dienone is 1. The van der Waals surface area contributed by atoms with Gasteiger partial charge in [0.2, 0.25) is 0 Å². The number of nitrogens with one attached hydrogen (secondary N) is 1. The topological polar surface area (TPSA) is 50.4 Å². The van der Waals surface area contributed by atoms with Gasteiger partial charge in [-0.2, -0.15) is 0 Å². The van der Waals surface area contributed by atoms with E-state index in [-0.39, 0.29) is 11.0 Å². The van der Waals surface area contributed by atoms with Crippen molar-refractivity contribution in [1.82, 2.24) is 5.32 Å². The molecule has 0 aromatic carbocycles. The molecule has 0 unspecified atom stereocenters. The van der Waals surface area contributed by atoms with E-state index in [1.807, 2.05) is 0 Å². The second-order valence-corrected chi connectivity index (χ2v) is 6.94. The van der Waals surface area contributed by atoms with Gasteiger partial charge in [0.15, 0.2) is 5.96 Å². The van der Waals surface area contributed by atoms with Crippen molar-refractivity contribution in [2.45, 2.75) is 65.8 Å². The minimum absolute atomic E-state index is 0.0260. The van der Waals surface area contributed by atoms with Gasteiger partial charge in [0.1, 0.15) is 0 Å². The summed E-state index contributed by atoms with van der Waals surface area (Å²) in [6.07, 6.45) is 7.48. The summed E-state index contributed by atoms with van der Waals surface area (Å²) in [4.78, 5) is 4.50. The standard InChI is InChI=1S/C15H29N3/c1-14(2,3)18-13(16)17-11-15(4,5)12-9-7-6-8-10-12/h9H,6-8,10-11H2,1-5H3,(H3,16,17,18). The normalized spacial score (nSPS) is 18.5. The van der Waals surface area contributed by atoms with Crippen LogP contribution in [0.5, 0.6) is 0 Å². The predicted octanol–water partition coefficient (Wildman–Crippen LogP) is 3.22. The highest BCUT2D eigenvalue weighted by Gasteiger charge is 2.24. The molecule has 0 atom stereocenters. The molecule has 104 valence electrons. The van der Waals surface area contributed by atoms with Crippen LogP contribution in [0.2, 0.25) is 0 Å². The molecule has 3 N–H and O–H groups in total. The highest BCUT2D eigenvalue weighted by molar-refractivity contribution is 5.78. The highest BCUT2D eigenvalue weighted by atomic mass is 15.1. The number of hydrogen-bond acceptors (Lipinski definition) is 1. The third-order valence-corrected chi connectivity index (χ3v) is 3.31. The minimum Gasteiger partial charge on any atom is -0.370 e. The van der Waals surface area contributed by atoms with Crippen molar-refractivity contribution in [2.75, 3.05) is 6.54 Å². The molecule has 0 saturated heterocycles. The molecule has 0 fully saturated rings. The van der Waals surface area contributed by atoms with Crippen LogP contribution >= 0.6 is 0 Å². The number of aliphatic imine (C=N–C) groups is 1. The molecule has 0 aromatic rings. The maximum absolute atomic E-state index is 5.92. The van der Waals surface area contributed by atoms with Crippen LogP contribution in [0.25, 0.3) is 0 Å². The summed E-state index contributed by atoms with van der Waals surface area (Å²) in [5, 5.41) is 3.20. The lowest BCUT2D eigenvalue weighted by molar-refractivity contribution is 0.424. The van der Waals surface area contributed by atoms with Crippen molar-refractivity contribution in [2.24, 2.45) is 16.1 Å². The fourth-order valence-electron chi connectivity index (χ4n) is 2.26. The second kappa shape index (κ2) is 5.77. The lowest BCUT2D eigenvalue weighted by atomic mass is 9.78. The van der Waals surface area contributed by atoms with Crippen LogP contribution in [0.4, 0.5) is 0 Å². The first-order valence-electron chi connectivity index (χ1n) is 6.98. The quantitative estimate of drug-likeness (QED) is 0.460. The summed E-state index contributed by atoms with van der Waals surface area (Å²) in [6, 6.07) is 0. The maximum Gasteiger partial charge on any atom is 0.189 e. The molecular formula is C15H29N3. The largest absolute Gasteiger partial charge is 0.370 e. The van der Waals surface area contributed by atoms with E-state index in [9.17, 15) is 0 Å². The molecular weight excluding hydrogens is 222 g/mol. The van der Waals surface area contributed by atoms with Gasteiger partial charge in [-0.3, -0.25) is 4.99 Å². The Morgan fingerprint density at radius 3 is 2.44 bits per heavy atom. The summed E-state index contributed by atoms with van der Waals surface area (Å²) >= 11 is 0. The maximum atomic E-state index is 5.92. The molecule has 0 heterocycles. The zero-order chi connectivity index (χ0) is 13.8. The first-order valence-corrected chi connectivity index (χ1v) is 6.98. The van der Waals surface area contributed by atoms with Crippen molar-refractivity contribution < 1.29 is 0 Å². The molecule has 0 amide bonds. The molecule has 0 aromatic heterocycles. The molecule has 1 aliphatic rings. The SMILES string of the molecule is CC(C)(C)NC(N)=NCC(C)(C)C1=CCCCC1. The first kappa shape index (κ1) is 15.1. The lowest BCUT2D eigenvalue weighted by Crippen LogP contribution is -2.45.